The van der Waals surface area contributed by atoms with Crippen LogP contribution in [0.3, 0.4) is 0 Å². The third-order valence-corrected chi connectivity index (χ3v) is 4.44. The van der Waals surface area contributed by atoms with Gasteiger partial charge >= 0.3 is 0 Å². The van der Waals surface area contributed by atoms with Crippen LogP contribution in [0.5, 0.6) is 5.75 Å². The van der Waals surface area contributed by atoms with Crippen LogP contribution in [0.1, 0.15) is 56.6 Å². The zero-order chi connectivity index (χ0) is 21.4. The second-order valence-corrected chi connectivity index (χ2v) is 7.05. The van der Waals surface area contributed by atoms with Gasteiger partial charge in [-0.05, 0) is 54.7 Å². The minimum atomic E-state index is -0.152. The monoisotopic (exact) mass is 409 g/mol. The molecule has 0 fully saturated rings. The molecule has 2 amide bonds. The summed E-state index contributed by atoms with van der Waals surface area (Å²) in [6.45, 7) is 3.33. The fourth-order valence-electron chi connectivity index (χ4n) is 2.69. The quantitative estimate of drug-likeness (QED) is 0.296. The lowest BCUT2D eigenvalue weighted by Gasteiger charge is -2.06. The summed E-state index contributed by atoms with van der Waals surface area (Å²) in [5.74, 6) is 0.678. The lowest BCUT2D eigenvalue weighted by Crippen LogP contribution is -2.24. The Morgan fingerprint density at radius 3 is 2.33 bits per heavy atom. The van der Waals surface area contributed by atoms with Crippen molar-refractivity contribution in [1.82, 2.24) is 10.7 Å². The molecule has 0 aliphatic carbocycles. The Morgan fingerprint density at radius 2 is 1.63 bits per heavy atom. The maximum Gasteiger partial charge on any atom is 0.240 e. The van der Waals surface area contributed by atoms with Crippen LogP contribution in [0.2, 0.25) is 0 Å². The van der Waals surface area contributed by atoms with Crippen molar-refractivity contribution in [3.63, 3.8) is 0 Å². The third kappa shape index (κ3) is 9.87. The zero-order valence-corrected chi connectivity index (χ0v) is 17.6. The van der Waals surface area contributed by atoms with E-state index in [1.807, 2.05) is 54.6 Å². The van der Waals surface area contributed by atoms with E-state index >= 15 is 0 Å². The summed E-state index contributed by atoms with van der Waals surface area (Å²) in [6.07, 6.45) is 5.82. The number of rotatable bonds is 13. The van der Waals surface area contributed by atoms with Crippen LogP contribution in [0.4, 0.5) is 0 Å². The van der Waals surface area contributed by atoms with Gasteiger partial charge in [0.15, 0.2) is 0 Å². The number of benzene rings is 2. The van der Waals surface area contributed by atoms with E-state index in [1.165, 1.54) is 0 Å². The van der Waals surface area contributed by atoms with Crippen LogP contribution in [0, 0.1) is 0 Å². The first-order valence-corrected chi connectivity index (χ1v) is 10.5. The molecule has 0 unspecified atom stereocenters. The zero-order valence-electron chi connectivity index (χ0n) is 17.6. The molecule has 2 rings (SSSR count). The molecule has 0 saturated carbocycles. The van der Waals surface area contributed by atoms with E-state index in [-0.39, 0.29) is 11.8 Å². The fraction of sp³-hybridized carbons (Fsp3) is 0.375. The highest BCUT2D eigenvalue weighted by atomic mass is 16.5. The summed E-state index contributed by atoms with van der Waals surface area (Å²) in [4.78, 5) is 23.4. The highest BCUT2D eigenvalue weighted by molar-refractivity contribution is 5.82. The SMILES string of the molecule is CCCCNC(=O)CCCCC(=O)NN=Cc1ccc(OCc2ccccc2)cc1. The smallest absolute Gasteiger partial charge is 0.240 e. The van der Waals surface area contributed by atoms with Gasteiger partial charge in [-0.3, -0.25) is 9.59 Å². The van der Waals surface area contributed by atoms with E-state index in [0.717, 1.165) is 36.3 Å². The summed E-state index contributed by atoms with van der Waals surface area (Å²) in [6, 6.07) is 17.5. The number of unbranched alkanes of at least 4 members (excludes halogenated alkanes) is 2. The summed E-state index contributed by atoms with van der Waals surface area (Å²) >= 11 is 0. The van der Waals surface area contributed by atoms with Gasteiger partial charge in [-0.15, -0.1) is 0 Å². The number of ether oxygens (including phenoxy) is 1. The maximum atomic E-state index is 11.8. The summed E-state index contributed by atoms with van der Waals surface area (Å²) in [7, 11) is 0. The molecular formula is C24H31N3O3. The molecule has 0 spiro atoms. The molecule has 0 heterocycles. The highest BCUT2D eigenvalue weighted by Gasteiger charge is 2.03. The van der Waals surface area contributed by atoms with Crippen molar-refractivity contribution in [1.29, 1.82) is 0 Å². The lowest BCUT2D eigenvalue weighted by atomic mass is 10.2. The molecule has 2 aromatic rings. The van der Waals surface area contributed by atoms with Gasteiger partial charge in [0, 0.05) is 19.4 Å². The van der Waals surface area contributed by atoms with Crippen LogP contribution in [-0.2, 0) is 16.2 Å². The standard InChI is InChI=1S/C24H31N3O3/c1-2-3-17-25-23(28)11-7-8-12-24(29)27-26-18-20-13-15-22(16-14-20)30-19-21-9-5-4-6-10-21/h4-6,9-10,13-16,18H,2-3,7-8,11-12,17,19H2,1H3,(H,25,28)(H,27,29). The Labute approximate surface area is 178 Å². The number of carbonyl (C=O) groups excluding carboxylic acids is 2. The first-order valence-electron chi connectivity index (χ1n) is 10.5. The lowest BCUT2D eigenvalue weighted by molar-refractivity contribution is -0.123. The van der Waals surface area contributed by atoms with Crippen molar-refractivity contribution in [3.8, 4) is 5.75 Å². The molecule has 30 heavy (non-hydrogen) atoms. The number of hydrogen-bond donors (Lipinski definition) is 2. The van der Waals surface area contributed by atoms with Gasteiger partial charge in [0.2, 0.25) is 11.8 Å². The van der Waals surface area contributed by atoms with Crippen molar-refractivity contribution < 1.29 is 14.3 Å². The second-order valence-electron chi connectivity index (χ2n) is 7.05. The highest BCUT2D eigenvalue weighted by Crippen LogP contribution is 2.13. The molecule has 6 heteroatoms. The molecule has 2 aromatic carbocycles. The first-order chi connectivity index (χ1) is 14.7. The number of carbonyl (C=O) groups is 2. The maximum absolute atomic E-state index is 11.8. The van der Waals surface area contributed by atoms with Gasteiger partial charge < -0.3 is 10.1 Å². The predicted octanol–water partition coefficient (Wildman–Crippen LogP) is 4.19. The van der Waals surface area contributed by atoms with E-state index in [2.05, 4.69) is 22.8 Å². The van der Waals surface area contributed by atoms with Gasteiger partial charge in [-0.25, -0.2) is 5.43 Å². The molecular weight excluding hydrogens is 378 g/mol. The Kier molecular flexibility index (Phi) is 10.7. The van der Waals surface area contributed by atoms with Gasteiger partial charge in [0.1, 0.15) is 12.4 Å². The second kappa shape index (κ2) is 13.9. The summed E-state index contributed by atoms with van der Waals surface area (Å²) in [5, 5.41) is 6.86. The van der Waals surface area contributed by atoms with Crippen molar-refractivity contribution in [2.75, 3.05) is 6.54 Å². The number of hydrazone groups is 1. The summed E-state index contributed by atoms with van der Waals surface area (Å²) in [5.41, 5.74) is 4.50. The van der Waals surface area contributed by atoms with Gasteiger partial charge in [-0.1, -0.05) is 43.7 Å². The topological polar surface area (TPSA) is 79.8 Å². The Bertz CT molecular complexity index is 789. The minimum Gasteiger partial charge on any atom is -0.489 e. The van der Waals surface area contributed by atoms with Crippen LogP contribution in [0.25, 0.3) is 0 Å². The molecule has 0 bridgehead atoms. The van der Waals surface area contributed by atoms with Crippen LogP contribution in [-0.4, -0.2) is 24.6 Å². The van der Waals surface area contributed by atoms with E-state index in [0.29, 0.717) is 32.3 Å². The third-order valence-electron chi connectivity index (χ3n) is 4.44. The number of hydrogen-bond acceptors (Lipinski definition) is 4. The van der Waals surface area contributed by atoms with Gasteiger partial charge in [-0.2, -0.15) is 5.10 Å². The van der Waals surface area contributed by atoms with E-state index < -0.39 is 0 Å². The molecule has 0 aromatic heterocycles. The number of nitrogens with one attached hydrogen (secondary N) is 2. The van der Waals surface area contributed by atoms with E-state index in [4.69, 9.17) is 4.74 Å². The molecule has 160 valence electrons. The van der Waals surface area contributed by atoms with Gasteiger partial charge in [0.25, 0.3) is 0 Å². The largest absolute Gasteiger partial charge is 0.489 e. The molecule has 6 nitrogen and oxygen atoms in total. The number of amides is 2. The molecule has 0 saturated heterocycles. The average Bonchev–Trinajstić information content (AvgIpc) is 2.77. The Morgan fingerprint density at radius 1 is 0.933 bits per heavy atom. The molecule has 0 aliphatic heterocycles. The van der Waals surface area contributed by atoms with Crippen molar-refractivity contribution >= 4 is 18.0 Å². The fourth-order valence-corrected chi connectivity index (χ4v) is 2.69. The predicted molar refractivity (Wildman–Crippen MR) is 119 cm³/mol. The van der Waals surface area contributed by atoms with E-state index in [9.17, 15) is 9.59 Å². The van der Waals surface area contributed by atoms with Crippen LogP contribution >= 0.6 is 0 Å². The minimum absolute atomic E-state index is 0.0538. The first kappa shape index (κ1) is 23.1. The number of nitrogens with zero attached hydrogens (tertiary/aromatic N) is 1. The summed E-state index contributed by atoms with van der Waals surface area (Å²) < 4.78 is 5.75. The molecule has 0 atom stereocenters. The van der Waals surface area contributed by atoms with Gasteiger partial charge in [0.05, 0.1) is 6.21 Å². The van der Waals surface area contributed by atoms with Crippen LogP contribution in [0.15, 0.2) is 59.7 Å². The average molecular weight is 410 g/mol. The normalized spacial score (nSPS) is 10.7. The molecule has 2 N–H and O–H groups in total. The Balaban J connectivity index is 1.60. The molecule has 0 aliphatic rings. The van der Waals surface area contributed by atoms with Crippen LogP contribution < -0.4 is 15.5 Å². The molecule has 0 radical (unpaired) electrons. The van der Waals surface area contributed by atoms with E-state index in [1.54, 1.807) is 6.21 Å². The van der Waals surface area contributed by atoms with Crippen molar-refractivity contribution in [2.24, 2.45) is 5.10 Å². The van der Waals surface area contributed by atoms with Crippen molar-refractivity contribution in [3.05, 3.63) is 65.7 Å². The Hall–Kier alpha value is -3.15. The van der Waals surface area contributed by atoms with Crippen molar-refractivity contribution in [2.45, 2.75) is 52.1 Å².